The van der Waals surface area contributed by atoms with Gasteiger partial charge in [0.25, 0.3) is 0 Å². The molecule has 2 N–H and O–H groups in total. The Balaban J connectivity index is 1.76. The van der Waals surface area contributed by atoms with Crippen molar-refractivity contribution < 1.29 is 4.79 Å². The normalized spacial score (nSPS) is 22.6. The zero-order valence-corrected chi connectivity index (χ0v) is 11.6. The summed E-state index contributed by atoms with van der Waals surface area (Å²) in [6.07, 6.45) is 3.96. The average molecular weight is 269 g/mol. The molecular weight excluding hydrogens is 250 g/mol. The summed E-state index contributed by atoms with van der Waals surface area (Å²) in [5.41, 5.74) is 1.70. The van der Waals surface area contributed by atoms with E-state index in [1.807, 2.05) is 30.3 Å². The Hall–Kier alpha value is -1.94. The van der Waals surface area contributed by atoms with Gasteiger partial charge in [-0.25, -0.2) is 0 Å². The molecule has 0 aliphatic carbocycles. The topological polar surface area (TPSA) is 54.0 Å². The van der Waals surface area contributed by atoms with Gasteiger partial charge in [-0.3, -0.25) is 9.78 Å². The van der Waals surface area contributed by atoms with Gasteiger partial charge in [0.15, 0.2) is 0 Å². The van der Waals surface area contributed by atoms with Crippen LogP contribution in [-0.2, 0) is 4.79 Å². The monoisotopic (exact) mass is 269 g/mol. The molecule has 0 radical (unpaired) electrons. The number of rotatable bonds is 2. The third-order valence-electron chi connectivity index (χ3n) is 3.91. The lowest BCUT2D eigenvalue weighted by Gasteiger charge is -2.28. The number of nitrogens with one attached hydrogen (secondary N) is 2. The maximum atomic E-state index is 12.3. The van der Waals surface area contributed by atoms with E-state index < -0.39 is 0 Å². The van der Waals surface area contributed by atoms with Gasteiger partial charge in [0.2, 0.25) is 5.91 Å². The molecule has 1 fully saturated rings. The fraction of sp³-hybridized carbons (Fsp3) is 0.375. The van der Waals surface area contributed by atoms with Crippen LogP contribution in [0.2, 0.25) is 0 Å². The van der Waals surface area contributed by atoms with E-state index in [0.717, 1.165) is 36.0 Å². The molecule has 1 amide bonds. The van der Waals surface area contributed by atoms with Crippen LogP contribution in [0.15, 0.2) is 36.5 Å². The first kappa shape index (κ1) is 13.1. The molecule has 2 heterocycles. The van der Waals surface area contributed by atoms with Crippen molar-refractivity contribution in [1.82, 2.24) is 10.3 Å². The molecule has 1 aliphatic heterocycles. The predicted octanol–water partition coefficient (Wildman–Crippen LogP) is 2.56. The van der Waals surface area contributed by atoms with Crippen LogP contribution in [0.25, 0.3) is 10.9 Å². The van der Waals surface area contributed by atoms with Crippen molar-refractivity contribution in [2.75, 3.05) is 11.9 Å². The van der Waals surface area contributed by atoms with Gasteiger partial charge >= 0.3 is 0 Å². The smallest absolute Gasteiger partial charge is 0.241 e. The van der Waals surface area contributed by atoms with Crippen LogP contribution < -0.4 is 10.6 Å². The number of para-hydroxylation sites is 1. The van der Waals surface area contributed by atoms with Gasteiger partial charge in [-0.15, -0.1) is 0 Å². The fourth-order valence-electron chi connectivity index (χ4n) is 2.76. The van der Waals surface area contributed by atoms with Crippen molar-refractivity contribution in [1.29, 1.82) is 0 Å². The number of piperidine rings is 1. The third-order valence-corrected chi connectivity index (χ3v) is 3.91. The van der Waals surface area contributed by atoms with Gasteiger partial charge in [-0.1, -0.05) is 25.1 Å². The van der Waals surface area contributed by atoms with Crippen molar-refractivity contribution in [3.63, 3.8) is 0 Å². The van der Waals surface area contributed by atoms with Crippen LogP contribution in [-0.4, -0.2) is 23.5 Å². The first-order valence-electron chi connectivity index (χ1n) is 7.13. The summed E-state index contributed by atoms with van der Waals surface area (Å²) < 4.78 is 0. The Morgan fingerprint density at radius 1 is 1.40 bits per heavy atom. The number of hydrogen-bond acceptors (Lipinski definition) is 3. The molecular formula is C16H19N3O. The van der Waals surface area contributed by atoms with E-state index in [2.05, 4.69) is 22.5 Å². The summed E-state index contributed by atoms with van der Waals surface area (Å²) >= 11 is 0. The minimum Gasteiger partial charge on any atom is -0.323 e. The largest absolute Gasteiger partial charge is 0.323 e. The summed E-state index contributed by atoms with van der Waals surface area (Å²) in [6, 6.07) is 9.76. The highest BCUT2D eigenvalue weighted by molar-refractivity contribution is 5.96. The van der Waals surface area contributed by atoms with E-state index >= 15 is 0 Å². The summed E-state index contributed by atoms with van der Waals surface area (Å²) in [7, 11) is 0. The standard InChI is InChI=1S/C16H19N3O/c1-11-5-4-8-17-15(11)16(20)19-13-9-12-6-2-3-7-14(12)18-10-13/h2-3,6-7,9-11,15,17H,4-5,8H2,1H3,(H,19,20). The lowest BCUT2D eigenvalue weighted by atomic mass is 9.92. The quantitative estimate of drug-likeness (QED) is 0.881. The molecule has 4 heteroatoms. The molecule has 2 atom stereocenters. The number of amides is 1. The fourth-order valence-corrected chi connectivity index (χ4v) is 2.76. The van der Waals surface area contributed by atoms with Crippen molar-refractivity contribution in [3.8, 4) is 0 Å². The molecule has 1 saturated heterocycles. The molecule has 2 aromatic rings. The zero-order chi connectivity index (χ0) is 13.9. The van der Waals surface area contributed by atoms with Gasteiger partial charge in [-0.05, 0) is 37.4 Å². The molecule has 2 unspecified atom stereocenters. The van der Waals surface area contributed by atoms with Crippen LogP contribution >= 0.6 is 0 Å². The number of fused-ring (bicyclic) bond motifs is 1. The molecule has 4 nitrogen and oxygen atoms in total. The highest BCUT2D eigenvalue weighted by Gasteiger charge is 2.27. The Morgan fingerprint density at radius 3 is 3.10 bits per heavy atom. The van der Waals surface area contributed by atoms with Crippen LogP contribution in [0, 0.1) is 5.92 Å². The summed E-state index contributed by atoms with van der Waals surface area (Å²) in [6.45, 7) is 3.04. The lowest BCUT2D eigenvalue weighted by molar-refractivity contribution is -0.119. The second-order valence-corrected chi connectivity index (χ2v) is 5.46. The SMILES string of the molecule is CC1CCCNC1C(=O)Nc1cnc2ccccc2c1. The van der Waals surface area contributed by atoms with E-state index in [1.165, 1.54) is 0 Å². The van der Waals surface area contributed by atoms with E-state index in [-0.39, 0.29) is 11.9 Å². The van der Waals surface area contributed by atoms with Gasteiger partial charge in [-0.2, -0.15) is 0 Å². The number of benzene rings is 1. The number of carbonyl (C=O) groups is 1. The number of aromatic nitrogens is 1. The van der Waals surface area contributed by atoms with Crippen LogP contribution in [0.1, 0.15) is 19.8 Å². The van der Waals surface area contributed by atoms with E-state index in [1.54, 1.807) is 6.20 Å². The van der Waals surface area contributed by atoms with Crippen LogP contribution in [0.5, 0.6) is 0 Å². The molecule has 104 valence electrons. The predicted molar refractivity (Wildman–Crippen MR) is 80.6 cm³/mol. The molecule has 1 aromatic heterocycles. The summed E-state index contributed by atoms with van der Waals surface area (Å²) in [4.78, 5) is 16.7. The maximum absolute atomic E-state index is 12.3. The number of pyridine rings is 1. The Labute approximate surface area is 118 Å². The van der Waals surface area contributed by atoms with E-state index in [0.29, 0.717) is 5.92 Å². The van der Waals surface area contributed by atoms with Gasteiger partial charge in [0.1, 0.15) is 0 Å². The number of hydrogen-bond donors (Lipinski definition) is 2. The molecule has 0 spiro atoms. The first-order valence-corrected chi connectivity index (χ1v) is 7.13. The first-order chi connectivity index (χ1) is 9.74. The highest BCUT2D eigenvalue weighted by atomic mass is 16.2. The minimum atomic E-state index is -0.102. The molecule has 1 aliphatic rings. The second kappa shape index (κ2) is 5.59. The minimum absolute atomic E-state index is 0.0364. The molecule has 0 bridgehead atoms. The molecule has 1 aromatic carbocycles. The van der Waals surface area contributed by atoms with Crippen LogP contribution in [0.4, 0.5) is 5.69 Å². The van der Waals surface area contributed by atoms with Gasteiger partial charge in [0, 0.05) is 5.39 Å². The Kier molecular flexibility index (Phi) is 3.65. The Bertz CT molecular complexity index is 626. The third kappa shape index (κ3) is 2.65. The Morgan fingerprint density at radius 2 is 2.25 bits per heavy atom. The maximum Gasteiger partial charge on any atom is 0.241 e. The van der Waals surface area contributed by atoms with Crippen molar-refractivity contribution in [2.45, 2.75) is 25.8 Å². The summed E-state index contributed by atoms with van der Waals surface area (Å²) in [5, 5.41) is 7.30. The molecule has 3 rings (SSSR count). The highest BCUT2D eigenvalue weighted by Crippen LogP contribution is 2.19. The van der Waals surface area contributed by atoms with Crippen molar-refractivity contribution >= 4 is 22.5 Å². The van der Waals surface area contributed by atoms with Gasteiger partial charge < -0.3 is 10.6 Å². The number of anilines is 1. The number of nitrogens with zero attached hydrogens (tertiary/aromatic N) is 1. The second-order valence-electron chi connectivity index (χ2n) is 5.46. The molecule has 0 saturated carbocycles. The molecule has 20 heavy (non-hydrogen) atoms. The average Bonchev–Trinajstić information content (AvgIpc) is 2.47. The van der Waals surface area contributed by atoms with Crippen LogP contribution in [0.3, 0.4) is 0 Å². The zero-order valence-electron chi connectivity index (χ0n) is 11.6. The van der Waals surface area contributed by atoms with Gasteiger partial charge in [0.05, 0.1) is 23.4 Å². The van der Waals surface area contributed by atoms with Crippen molar-refractivity contribution in [3.05, 3.63) is 36.5 Å². The summed E-state index contributed by atoms with van der Waals surface area (Å²) in [5.74, 6) is 0.409. The van der Waals surface area contributed by atoms with E-state index in [4.69, 9.17) is 0 Å². The van der Waals surface area contributed by atoms with E-state index in [9.17, 15) is 4.79 Å². The van der Waals surface area contributed by atoms with Crippen molar-refractivity contribution in [2.24, 2.45) is 5.92 Å². The number of carbonyl (C=O) groups excluding carboxylic acids is 1. The lowest BCUT2D eigenvalue weighted by Crippen LogP contribution is -2.48.